The van der Waals surface area contributed by atoms with Crippen molar-refractivity contribution in [2.45, 2.75) is 13.0 Å². The molecule has 0 aromatic heterocycles. The second-order valence-corrected chi connectivity index (χ2v) is 4.61. The fourth-order valence-corrected chi connectivity index (χ4v) is 1.91. The lowest BCUT2D eigenvalue weighted by atomic mass is 10.1. The first-order valence-electron chi connectivity index (χ1n) is 6.48. The zero-order valence-corrected chi connectivity index (χ0v) is 11.8. The van der Waals surface area contributed by atoms with Crippen LogP contribution < -0.4 is 10.1 Å². The summed E-state index contributed by atoms with van der Waals surface area (Å²) < 4.78 is 4.97. The molecule has 5 heteroatoms. The van der Waals surface area contributed by atoms with Crippen LogP contribution in [0.1, 0.15) is 28.9 Å². The van der Waals surface area contributed by atoms with Gasteiger partial charge in [0.1, 0.15) is 0 Å². The van der Waals surface area contributed by atoms with Crippen LogP contribution in [0.2, 0.25) is 0 Å². The van der Waals surface area contributed by atoms with E-state index in [1.165, 1.54) is 13.2 Å². The third kappa shape index (κ3) is 3.32. The Morgan fingerprint density at radius 3 is 2.43 bits per heavy atom. The molecule has 0 fully saturated rings. The molecule has 5 nitrogen and oxygen atoms in total. The van der Waals surface area contributed by atoms with Gasteiger partial charge >= 0.3 is 0 Å². The summed E-state index contributed by atoms with van der Waals surface area (Å²) in [6.07, 6.45) is -0.558. The number of aromatic hydroxyl groups is 1. The second kappa shape index (κ2) is 6.28. The van der Waals surface area contributed by atoms with Gasteiger partial charge in [-0.15, -0.1) is 0 Å². The number of nitrogens with one attached hydrogen (secondary N) is 1. The van der Waals surface area contributed by atoms with Crippen LogP contribution in [0.15, 0.2) is 42.5 Å². The fraction of sp³-hybridized carbons (Fsp3) is 0.188. The molecule has 2 aromatic carbocycles. The summed E-state index contributed by atoms with van der Waals surface area (Å²) in [7, 11) is 1.42. The van der Waals surface area contributed by atoms with Gasteiger partial charge in [-0.3, -0.25) is 4.79 Å². The second-order valence-electron chi connectivity index (χ2n) is 4.61. The molecule has 0 heterocycles. The highest BCUT2D eigenvalue weighted by atomic mass is 16.5. The van der Waals surface area contributed by atoms with E-state index in [1.54, 1.807) is 43.3 Å². The van der Waals surface area contributed by atoms with Crippen LogP contribution in [-0.2, 0) is 0 Å². The standard InChI is InChI=1S/C16H17NO4/c1-10(18)11-6-8-12(9-7-11)17-16(20)13-4-3-5-14(21-2)15(13)19/h3-10,18-19H,1-2H3,(H,17,20). The summed E-state index contributed by atoms with van der Waals surface area (Å²) in [4.78, 5) is 12.1. The van der Waals surface area contributed by atoms with E-state index in [4.69, 9.17) is 4.74 Å². The molecule has 0 radical (unpaired) electrons. The van der Waals surface area contributed by atoms with Crippen LogP contribution in [0.4, 0.5) is 5.69 Å². The fourth-order valence-electron chi connectivity index (χ4n) is 1.91. The van der Waals surface area contributed by atoms with E-state index in [1.807, 2.05) is 0 Å². The van der Waals surface area contributed by atoms with E-state index < -0.39 is 12.0 Å². The number of benzene rings is 2. The number of para-hydroxylation sites is 1. The van der Waals surface area contributed by atoms with Gasteiger partial charge in [-0.1, -0.05) is 18.2 Å². The molecule has 2 aromatic rings. The first-order valence-corrected chi connectivity index (χ1v) is 6.48. The first-order chi connectivity index (χ1) is 10.0. The molecule has 2 rings (SSSR count). The predicted molar refractivity (Wildman–Crippen MR) is 79.7 cm³/mol. The van der Waals surface area contributed by atoms with Gasteiger partial charge in [-0.2, -0.15) is 0 Å². The van der Waals surface area contributed by atoms with Gasteiger partial charge < -0.3 is 20.3 Å². The van der Waals surface area contributed by atoms with Crippen molar-refractivity contribution in [3.05, 3.63) is 53.6 Å². The topological polar surface area (TPSA) is 78.8 Å². The van der Waals surface area contributed by atoms with Crippen LogP contribution in [0, 0.1) is 0 Å². The number of rotatable bonds is 4. The third-order valence-corrected chi connectivity index (χ3v) is 3.11. The number of carbonyl (C=O) groups excluding carboxylic acids is 1. The molecule has 0 spiro atoms. The normalized spacial score (nSPS) is 11.8. The number of anilines is 1. The largest absolute Gasteiger partial charge is 0.504 e. The summed E-state index contributed by atoms with van der Waals surface area (Å²) >= 11 is 0. The van der Waals surface area contributed by atoms with E-state index in [2.05, 4.69) is 5.32 Å². The van der Waals surface area contributed by atoms with Crippen molar-refractivity contribution in [1.82, 2.24) is 0 Å². The molecule has 1 unspecified atom stereocenters. The number of hydrogen-bond donors (Lipinski definition) is 3. The maximum Gasteiger partial charge on any atom is 0.259 e. The zero-order chi connectivity index (χ0) is 15.4. The lowest BCUT2D eigenvalue weighted by Crippen LogP contribution is -2.12. The molecule has 21 heavy (non-hydrogen) atoms. The van der Waals surface area contributed by atoms with E-state index in [-0.39, 0.29) is 17.1 Å². The maximum absolute atomic E-state index is 12.1. The van der Waals surface area contributed by atoms with E-state index >= 15 is 0 Å². The number of phenolic OH excluding ortho intramolecular Hbond substituents is 1. The molecular weight excluding hydrogens is 270 g/mol. The molecule has 0 aliphatic carbocycles. The average Bonchev–Trinajstić information content (AvgIpc) is 2.48. The van der Waals surface area contributed by atoms with Gasteiger partial charge in [0.05, 0.1) is 18.8 Å². The third-order valence-electron chi connectivity index (χ3n) is 3.11. The van der Waals surface area contributed by atoms with Crippen molar-refractivity contribution in [3.8, 4) is 11.5 Å². The Kier molecular flexibility index (Phi) is 4.45. The van der Waals surface area contributed by atoms with Gasteiger partial charge in [-0.25, -0.2) is 0 Å². The quantitative estimate of drug-likeness (QED) is 0.808. The minimum Gasteiger partial charge on any atom is -0.504 e. The van der Waals surface area contributed by atoms with Crippen molar-refractivity contribution >= 4 is 11.6 Å². The van der Waals surface area contributed by atoms with Crippen LogP contribution in [-0.4, -0.2) is 23.2 Å². The van der Waals surface area contributed by atoms with Gasteiger partial charge in [-0.05, 0) is 36.8 Å². The van der Waals surface area contributed by atoms with Crippen LogP contribution in [0.25, 0.3) is 0 Å². The molecule has 110 valence electrons. The summed E-state index contributed by atoms with van der Waals surface area (Å²) in [6, 6.07) is 11.6. The van der Waals surface area contributed by atoms with E-state index in [0.29, 0.717) is 5.69 Å². The minimum atomic E-state index is -0.558. The highest BCUT2D eigenvalue weighted by molar-refractivity contribution is 6.06. The molecule has 0 saturated heterocycles. The van der Waals surface area contributed by atoms with Crippen LogP contribution >= 0.6 is 0 Å². The molecule has 3 N–H and O–H groups in total. The Morgan fingerprint density at radius 1 is 1.19 bits per heavy atom. The number of phenols is 1. The van der Waals surface area contributed by atoms with Crippen molar-refractivity contribution in [2.24, 2.45) is 0 Å². The van der Waals surface area contributed by atoms with Crippen LogP contribution in [0.5, 0.6) is 11.5 Å². The highest BCUT2D eigenvalue weighted by Crippen LogP contribution is 2.29. The maximum atomic E-state index is 12.1. The first kappa shape index (κ1) is 14.9. The minimum absolute atomic E-state index is 0.133. The van der Waals surface area contributed by atoms with Crippen molar-refractivity contribution in [3.63, 3.8) is 0 Å². The predicted octanol–water partition coefficient (Wildman–Crippen LogP) is 2.71. The highest BCUT2D eigenvalue weighted by Gasteiger charge is 2.14. The molecule has 1 amide bonds. The van der Waals surface area contributed by atoms with Gasteiger partial charge in [0.15, 0.2) is 11.5 Å². The van der Waals surface area contributed by atoms with Crippen molar-refractivity contribution < 1.29 is 19.7 Å². The number of aliphatic hydroxyl groups excluding tert-OH is 1. The Morgan fingerprint density at radius 2 is 1.86 bits per heavy atom. The Bertz CT molecular complexity index is 635. The van der Waals surface area contributed by atoms with Crippen molar-refractivity contribution in [2.75, 3.05) is 12.4 Å². The molecule has 1 atom stereocenters. The summed E-state index contributed by atoms with van der Waals surface area (Å²) in [5.74, 6) is -0.388. The smallest absolute Gasteiger partial charge is 0.259 e. The van der Waals surface area contributed by atoms with E-state index in [9.17, 15) is 15.0 Å². The summed E-state index contributed by atoms with van der Waals surface area (Å²) in [5, 5.41) is 22.0. The van der Waals surface area contributed by atoms with Crippen molar-refractivity contribution in [1.29, 1.82) is 0 Å². The molecular formula is C16H17NO4. The van der Waals surface area contributed by atoms with Crippen LogP contribution in [0.3, 0.4) is 0 Å². The van der Waals surface area contributed by atoms with Gasteiger partial charge in [0, 0.05) is 5.69 Å². The number of hydrogen-bond acceptors (Lipinski definition) is 4. The number of carbonyl (C=O) groups is 1. The monoisotopic (exact) mass is 287 g/mol. The van der Waals surface area contributed by atoms with Gasteiger partial charge in [0.2, 0.25) is 0 Å². The van der Waals surface area contributed by atoms with Gasteiger partial charge in [0.25, 0.3) is 5.91 Å². The Labute approximate surface area is 122 Å². The number of amides is 1. The molecule has 0 aliphatic rings. The zero-order valence-electron chi connectivity index (χ0n) is 11.8. The number of aliphatic hydroxyl groups is 1. The molecule has 0 aliphatic heterocycles. The number of methoxy groups -OCH3 is 1. The Balaban J connectivity index is 2.18. The summed E-state index contributed by atoms with van der Waals surface area (Å²) in [6.45, 7) is 1.67. The summed E-state index contributed by atoms with van der Waals surface area (Å²) in [5.41, 5.74) is 1.47. The lowest BCUT2D eigenvalue weighted by molar-refractivity contribution is 0.102. The average molecular weight is 287 g/mol. The SMILES string of the molecule is COc1cccc(C(=O)Nc2ccc(C(C)O)cc2)c1O. The van der Waals surface area contributed by atoms with E-state index in [0.717, 1.165) is 5.56 Å². The molecule has 0 bridgehead atoms. The molecule has 0 saturated carbocycles. The number of ether oxygens (including phenoxy) is 1. The lowest BCUT2D eigenvalue weighted by Gasteiger charge is -2.10. The Hall–Kier alpha value is -2.53.